The van der Waals surface area contributed by atoms with Crippen LogP contribution in [-0.2, 0) is 10.0 Å². The van der Waals surface area contributed by atoms with Crippen LogP contribution in [0.15, 0.2) is 23.1 Å². The summed E-state index contributed by atoms with van der Waals surface area (Å²) in [5, 5.41) is 0. The molecule has 1 heterocycles. The minimum atomic E-state index is -3.58. The van der Waals surface area contributed by atoms with Gasteiger partial charge in [-0.2, -0.15) is 4.31 Å². The Bertz CT molecular complexity index is 691. The highest BCUT2D eigenvalue weighted by Crippen LogP contribution is 2.23. The number of amides is 1. The number of carbonyl (C=O) groups is 1. The molecule has 1 aromatic carbocycles. The maximum Gasteiger partial charge on any atom is 0.253 e. The summed E-state index contributed by atoms with van der Waals surface area (Å²) in [5.74, 6) is -0.130. The highest BCUT2D eigenvalue weighted by Gasteiger charge is 2.29. The zero-order valence-corrected chi connectivity index (χ0v) is 15.8. The van der Waals surface area contributed by atoms with Gasteiger partial charge in [0.1, 0.15) is 0 Å². The summed E-state index contributed by atoms with van der Waals surface area (Å²) in [6, 6.07) is 4.96. The molecule has 0 aromatic heterocycles. The molecule has 1 saturated heterocycles. The largest absolute Gasteiger partial charge is 0.339 e. The van der Waals surface area contributed by atoms with Crippen LogP contribution in [0.5, 0.6) is 0 Å². The quantitative estimate of drug-likeness (QED) is 0.803. The Hall–Kier alpha value is -1.44. The molecule has 134 valence electrons. The van der Waals surface area contributed by atoms with Gasteiger partial charge in [0.25, 0.3) is 5.91 Å². The van der Waals surface area contributed by atoms with E-state index in [-0.39, 0.29) is 10.8 Å². The van der Waals surface area contributed by atoms with Gasteiger partial charge in [0.05, 0.1) is 4.90 Å². The van der Waals surface area contributed by atoms with Crippen LogP contribution in [0.3, 0.4) is 0 Å². The number of nitrogens with zero attached hydrogens (tertiary/aromatic N) is 3. The molecule has 2 rings (SSSR count). The molecule has 24 heavy (non-hydrogen) atoms. The summed E-state index contributed by atoms with van der Waals surface area (Å²) >= 11 is 0. The molecule has 0 spiro atoms. The number of likely N-dealkylation sites (N-methyl/N-ethyl adjacent to an activating group) is 1. The van der Waals surface area contributed by atoms with Crippen molar-refractivity contribution in [3.8, 4) is 0 Å². The normalized spacial score (nSPS) is 17.0. The van der Waals surface area contributed by atoms with Crippen molar-refractivity contribution in [1.82, 2.24) is 14.1 Å². The number of benzene rings is 1. The second-order valence-electron chi connectivity index (χ2n) is 6.17. The number of sulfonamides is 1. The smallest absolute Gasteiger partial charge is 0.253 e. The van der Waals surface area contributed by atoms with E-state index < -0.39 is 10.0 Å². The van der Waals surface area contributed by atoms with Crippen molar-refractivity contribution in [2.75, 3.05) is 46.3 Å². The van der Waals surface area contributed by atoms with Crippen molar-refractivity contribution in [3.05, 3.63) is 29.3 Å². The molecule has 6 nitrogen and oxygen atoms in total. The Balaban J connectivity index is 2.36. The fourth-order valence-corrected chi connectivity index (χ4v) is 4.54. The van der Waals surface area contributed by atoms with E-state index >= 15 is 0 Å². The van der Waals surface area contributed by atoms with Crippen LogP contribution < -0.4 is 0 Å². The molecule has 7 heteroatoms. The molecule has 1 aromatic rings. The number of rotatable bonds is 5. The monoisotopic (exact) mass is 353 g/mol. The molecule has 0 atom stereocenters. The molecule has 0 radical (unpaired) electrons. The minimum Gasteiger partial charge on any atom is -0.339 e. The highest BCUT2D eigenvalue weighted by molar-refractivity contribution is 7.89. The lowest BCUT2D eigenvalue weighted by Gasteiger charge is -2.32. The maximum absolute atomic E-state index is 13.0. The van der Waals surface area contributed by atoms with Gasteiger partial charge in [-0.1, -0.05) is 6.07 Å². The van der Waals surface area contributed by atoms with E-state index in [0.717, 1.165) is 13.1 Å². The minimum absolute atomic E-state index is 0.130. The van der Waals surface area contributed by atoms with Crippen molar-refractivity contribution < 1.29 is 13.2 Å². The van der Waals surface area contributed by atoms with E-state index in [1.54, 1.807) is 24.0 Å². The van der Waals surface area contributed by atoms with Gasteiger partial charge in [-0.05, 0) is 45.5 Å². The lowest BCUT2D eigenvalue weighted by Crippen LogP contribution is -2.47. The van der Waals surface area contributed by atoms with E-state index in [0.29, 0.717) is 37.3 Å². The Labute approximate surface area is 145 Å². The average molecular weight is 353 g/mol. The average Bonchev–Trinajstić information content (AvgIpc) is 2.56. The summed E-state index contributed by atoms with van der Waals surface area (Å²) in [6.07, 6.45) is 0. The summed E-state index contributed by atoms with van der Waals surface area (Å²) in [4.78, 5) is 16.6. The summed E-state index contributed by atoms with van der Waals surface area (Å²) in [7, 11) is -1.59. The lowest BCUT2D eigenvalue weighted by atomic mass is 10.1. The summed E-state index contributed by atoms with van der Waals surface area (Å²) in [5.41, 5.74) is 1.10. The van der Waals surface area contributed by atoms with Crippen molar-refractivity contribution in [2.24, 2.45) is 0 Å². The zero-order chi connectivity index (χ0) is 17.9. The first-order chi connectivity index (χ1) is 11.3. The SMILES string of the molecule is CCN(CC)C(=O)c1ccc(C)c(S(=O)(=O)N2CCN(C)CC2)c1. The number of aryl methyl sites for hydroxylation is 1. The van der Waals surface area contributed by atoms with Crippen LogP contribution in [0.25, 0.3) is 0 Å². The maximum atomic E-state index is 13.0. The molecule has 1 fully saturated rings. The summed E-state index contributed by atoms with van der Waals surface area (Å²) < 4.78 is 27.5. The first kappa shape index (κ1) is 18.9. The standard InChI is InChI=1S/C17H27N3O3S/c1-5-19(6-2)17(21)15-8-7-14(3)16(13-15)24(22,23)20-11-9-18(4)10-12-20/h7-8,13H,5-6,9-12H2,1-4H3. The van der Waals surface area contributed by atoms with Gasteiger partial charge in [0.2, 0.25) is 10.0 Å². The Morgan fingerprint density at radius 3 is 2.25 bits per heavy atom. The fraction of sp³-hybridized carbons (Fsp3) is 0.588. The molecule has 0 aliphatic carbocycles. The zero-order valence-electron chi connectivity index (χ0n) is 14.9. The van der Waals surface area contributed by atoms with Crippen LogP contribution in [0.4, 0.5) is 0 Å². The third kappa shape index (κ3) is 3.79. The van der Waals surface area contributed by atoms with Gasteiger partial charge in [-0.25, -0.2) is 8.42 Å². The van der Waals surface area contributed by atoms with Gasteiger partial charge >= 0.3 is 0 Å². The highest BCUT2D eigenvalue weighted by atomic mass is 32.2. The van der Waals surface area contributed by atoms with Crippen LogP contribution >= 0.6 is 0 Å². The topological polar surface area (TPSA) is 60.9 Å². The third-order valence-corrected chi connectivity index (χ3v) is 6.61. The van der Waals surface area contributed by atoms with Crippen LogP contribution in [-0.4, -0.2) is 74.7 Å². The van der Waals surface area contributed by atoms with E-state index in [1.165, 1.54) is 10.4 Å². The number of hydrogen-bond acceptors (Lipinski definition) is 4. The second kappa shape index (κ2) is 7.63. The van der Waals surface area contributed by atoms with Crippen LogP contribution in [0.1, 0.15) is 29.8 Å². The van der Waals surface area contributed by atoms with Crippen LogP contribution in [0, 0.1) is 6.92 Å². The van der Waals surface area contributed by atoms with Gasteiger partial charge in [-0.3, -0.25) is 4.79 Å². The van der Waals surface area contributed by atoms with E-state index in [2.05, 4.69) is 4.90 Å². The van der Waals surface area contributed by atoms with Gasteiger partial charge in [-0.15, -0.1) is 0 Å². The van der Waals surface area contributed by atoms with Gasteiger partial charge < -0.3 is 9.80 Å². The molecule has 1 aliphatic rings. The molecule has 0 unspecified atom stereocenters. The number of hydrogen-bond donors (Lipinski definition) is 0. The summed E-state index contributed by atoms with van der Waals surface area (Å²) in [6.45, 7) is 9.20. The van der Waals surface area contributed by atoms with Crippen molar-refractivity contribution in [1.29, 1.82) is 0 Å². The predicted molar refractivity (Wildman–Crippen MR) is 94.7 cm³/mol. The fourth-order valence-electron chi connectivity index (χ4n) is 2.87. The van der Waals surface area contributed by atoms with Crippen molar-refractivity contribution in [3.63, 3.8) is 0 Å². The molecular formula is C17H27N3O3S. The van der Waals surface area contributed by atoms with E-state index in [4.69, 9.17) is 0 Å². The van der Waals surface area contributed by atoms with Gasteiger partial charge in [0.15, 0.2) is 0 Å². The van der Waals surface area contributed by atoms with Crippen molar-refractivity contribution >= 4 is 15.9 Å². The Morgan fingerprint density at radius 2 is 1.71 bits per heavy atom. The molecule has 1 amide bonds. The molecule has 0 saturated carbocycles. The molecule has 0 N–H and O–H groups in total. The lowest BCUT2D eigenvalue weighted by molar-refractivity contribution is 0.0772. The van der Waals surface area contributed by atoms with E-state index in [1.807, 2.05) is 20.9 Å². The molecule has 0 bridgehead atoms. The van der Waals surface area contributed by atoms with Gasteiger partial charge in [0, 0.05) is 44.8 Å². The molecular weight excluding hydrogens is 326 g/mol. The first-order valence-electron chi connectivity index (χ1n) is 8.39. The molecule has 1 aliphatic heterocycles. The third-order valence-electron chi connectivity index (χ3n) is 4.57. The van der Waals surface area contributed by atoms with Crippen molar-refractivity contribution in [2.45, 2.75) is 25.7 Å². The Morgan fingerprint density at radius 1 is 1.12 bits per heavy atom. The number of piperazine rings is 1. The van der Waals surface area contributed by atoms with Crippen LogP contribution in [0.2, 0.25) is 0 Å². The Kier molecular flexibility index (Phi) is 6.01. The second-order valence-corrected chi connectivity index (χ2v) is 8.07. The van der Waals surface area contributed by atoms with E-state index in [9.17, 15) is 13.2 Å². The first-order valence-corrected chi connectivity index (χ1v) is 9.83. The number of carbonyl (C=O) groups excluding carboxylic acids is 1. The predicted octanol–water partition coefficient (Wildman–Crippen LogP) is 1.41.